The van der Waals surface area contributed by atoms with Gasteiger partial charge in [0.15, 0.2) is 0 Å². The minimum absolute atomic E-state index is 0.00384. The molecular weight excluding hydrogens is 246 g/mol. The van der Waals surface area contributed by atoms with Crippen molar-refractivity contribution in [3.63, 3.8) is 0 Å². The van der Waals surface area contributed by atoms with Crippen molar-refractivity contribution in [3.8, 4) is 0 Å². The average molecular weight is 265 g/mol. The highest BCUT2D eigenvalue weighted by atomic mass is 16.6. The van der Waals surface area contributed by atoms with Crippen molar-refractivity contribution >= 4 is 11.6 Å². The molecule has 1 aromatic carbocycles. The Labute approximate surface area is 112 Å². The molecular formula is C13H19N3O3. The number of hydrogen-bond donors (Lipinski definition) is 1. The highest BCUT2D eigenvalue weighted by Crippen LogP contribution is 2.15. The summed E-state index contributed by atoms with van der Waals surface area (Å²) >= 11 is 0. The molecule has 0 heterocycles. The molecule has 0 saturated heterocycles. The molecule has 1 amide bonds. The number of carbonyl (C=O) groups excluding carboxylic acids is 1. The molecule has 6 nitrogen and oxygen atoms in total. The zero-order chi connectivity index (χ0) is 14.4. The van der Waals surface area contributed by atoms with Crippen LogP contribution in [0.5, 0.6) is 0 Å². The van der Waals surface area contributed by atoms with Crippen LogP contribution in [0.1, 0.15) is 25.8 Å². The fourth-order valence-corrected chi connectivity index (χ4v) is 1.75. The third-order valence-corrected chi connectivity index (χ3v) is 2.80. The Hall–Kier alpha value is -1.95. The van der Waals surface area contributed by atoms with Crippen molar-refractivity contribution in [2.45, 2.75) is 32.9 Å². The van der Waals surface area contributed by atoms with Gasteiger partial charge in [0.05, 0.1) is 4.92 Å². The largest absolute Gasteiger partial charge is 0.336 e. The number of benzene rings is 1. The molecule has 0 radical (unpaired) electrons. The van der Waals surface area contributed by atoms with Gasteiger partial charge in [0.25, 0.3) is 5.69 Å². The van der Waals surface area contributed by atoms with Crippen molar-refractivity contribution in [2.75, 3.05) is 6.54 Å². The molecule has 0 spiro atoms. The first-order chi connectivity index (χ1) is 8.95. The van der Waals surface area contributed by atoms with Gasteiger partial charge in [-0.15, -0.1) is 0 Å². The normalized spacial score (nSPS) is 10.5. The summed E-state index contributed by atoms with van der Waals surface area (Å²) in [7, 11) is 0. The molecule has 0 bridgehead atoms. The van der Waals surface area contributed by atoms with Gasteiger partial charge in [-0.25, -0.2) is 0 Å². The van der Waals surface area contributed by atoms with E-state index in [1.165, 1.54) is 12.1 Å². The fraction of sp³-hybridized carbons (Fsp3) is 0.462. The predicted molar refractivity (Wildman–Crippen MR) is 72.5 cm³/mol. The molecule has 104 valence electrons. The lowest BCUT2D eigenvalue weighted by Crippen LogP contribution is -2.37. The van der Waals surface area contributed by atoms with E-state index in [9.17, 15) is 14.9 Å². The van der Waals surface area contributed by atoms with E-state index in [1.807, 2.05) is 13.8 Å². The Morgan fingerprint density at radius 2 is 1.95 bits per heavy atom. The lowest BCUT2D eigenvalue weighted by atomic mass is 10.1. The van der Waals surface area contributed by atoms with Gasteiger partial charge in [0.2, 0.25) is 5.91 Å². The second-order valence-electron chi connectivity index (χ2n) is 4.58. The molecule has 0 atom stereocenters. The van der Waals surface area contributed by atoms with Crippen LogP contribution in [0.2, 0.25) is 0 Å². The molecule has 2 N–H and O–H groups in total. The van der Waals surface area contributed by atoms with E-state index < -0.39 is 4.92 Å². The van der Waals surface area contributed by atoms with E-state index in [-0.39, 0.29) is 17.6 Å². The van der Waals surface area contributed by atoms with Crippen LogP contribution < -0.4 is 5.73 Å². The molecule has 0 aromatic heterocycles. The molecule has 19 heavy (non-hydrogen) atoms. The number of amides is 1. The summed E-state index contributed by atoms with van der Waals surface area (Å²) in [6, 6.07) is 6.30. The minimum atomic E-state index is -0.441. The maximum atomic E-state index is 11.9. The highest BCUT2D eigenvalue weighted by molar-refractivity contribution is 5.76. The lowest BCUT2D eigenvalue weighted by molar-refractivity contribution is -0.384. The van der Waals surface area contributed by atoms with Crippen LogP contribution in [0.25, 0.3) is 0 Å². The molecule has 0 aliphatic heterocycles. The minimum Gasteiger partial charge on any atom is -0.336 e. The number of nitro benzene ring substituents is 1. The number of nitrogens with zero attached hydrogens (tertiary/aromatic N) is 2. The summed E-state index contributed by atoms with van der Waals surface area (Å²) < 4.78 is 0. The van der Waals surface area contributed by atoms with Crippen LogP contribution in [0.3, 0.4) is 0 Å². The molecule has 0 unspecified atom stereocenters. The van der Waals surface area contributed by atoms with Gasteiger partial charge in [-0.1, -0.05) is 12.1 Å². The summed E-state index contributed by atoms with van der Waals surface area (Å²) in [5.74, 6) is -0.00384. The first-order valence-corrected chi connectivity index (χ1v) is 6.18. The quantitative estimate of drug-likeness (QED) is 0.626. The molecule has 6 heteroatoms. The highest BCUT2D eigenvalue weighted by Gasteiger charge is 2.16. The van der Waals surface area contributed by atoms with E-state index >= 15 is 0 Å². The Bertz CT molecular complexity index is 443. The van der Waals surface area contributed by atoms with Gasteiger partial charge in [-0.05, 0) is 19.4 Å². The standard InChI is InChI=1S/C13H19N3O3/c1-10(2)15(13(17)7-8-14)9-11-3-5-12(6-4-11)16(18)19/h3-6,10H,7-9,14H2,1-2H3. The smallest absolute Gasteiger partial charge is 0.269 e. The average Bonchev–Trinajstić information content (AvgIpc) is 2.36. The third-order valence-electron chi connectivity index (χ3n) is 2.80. The molecule has 1 rings (SSSR count). The second-order valence-corrected chi connectivity index (χ2v) is 4.58. The van der Waals surface area contributed by atoms with Gasteiger partial charge in [0, 0.05) is 37.7 Å². The molecule has 0 fully saturated rings. The van der Waals surface area contributed by atoms with E-state index in [0.717, 1.165) is 5.56 Å². The summed E-state index contributed by atoms with van der Waals surface area (Å²) in [5, 5.41) is 10.6. The fourth-order valence-electron chi connectivity index (χ4n) is 1.75. The maximum Gasteiger partial charge on any atom is 0.269 e. The zero-order valence-electron chi connectivity index (χ0n) is 11.2. The summed E-state index contributed by atoms with van der Waals surface area (Å²) in [6.07, 6.45) is 0.311. The summed E-state index contributed by atoms with van der Waals surface area (Å²) in [6.45, 7) is 4.62. The second kappa shape index (κ2) is 6.84. The molecule has 0 saturated carbocycles. The Morgan fingerprint density at radius 3 is 2.37 bits per heavy atom. The monoisotopic (exact) mass is 265 g/mol. The van der Waals surface area contributed by atoms with Gasteiger partial charge in [-0.3, -0.25) is 14.9 Å². The van der Waals surface area contributed by atoms with Crippen molar-refractivity contribution in [1.29, 1.82) is 0 Å². The Kier molecular flexibility index (Phi) is 5.44. The van der Waals surface area contributed by atoms with Crippen molar-refractivity contribution < 1.29 is 9.72 Å². The lowest BCUT2D eigenvalue weighted by Gasteiger charge is -2.26. The summed E-state index contributed by atoms with van der Waals surface area (Å²) in [4.78, 5) is 23.7. The zero-order valence-corrected chi connectivity index (χ0v) is 11.2. The van der Waals surface area contributed by atoms with Crippen molar-refractivity contribution in [1.82, 2.24) is 4.90 Å². The first kappa shape index (κ1) is 15.1. The van der Waals surface area contributed by atoms with Gasteiger partial charge in [0.1, 0.15) is 0 Å². The number of rotatable bonds is 6. The Morgan fingerprint density at radius 1 is 1.37 bits per heavy atom. The van der Waals surface area contributed by atoms with Crippen LogP contribution >= 0.6 is 0 Å². The van der Waals surface area contributed by atoms with E-state index in [4.69, 9.17) is 5.73 Å². The van der Waals surface area contributed by atoms with Crippen LogP contribution in [0, 0.1) is 10.1 Å². The molecule has 1 aromatic rings. The number of nitrogens with two attached hydrogens (primary N) is 1. The van der Waals surface area contributed by atoms with Gasteiger partial charge >= 0.3 is 0 Å². The number of carbonyl (C=O) groups is 1. The van der Waals surface area contributed by atoms with Crippen LogP contribution in [0.15, 0.2) is 24.3 Å². The van der Waals surface area contributed by atoms with Crippen LogP contribution in [-0.2, 0) is 11.3 Å². The molecule has 0 aliphatic carbocycles. The number of non-ortho nitro benzene ring substituents is 1. The molecule has 0 aliphatic rings. The van der Waals surface area contributed by atoms with Crippen molar-refractivity contribution in [3.05, 3.63) is 39.9 Å². The van der Waals surface area contributed by atoms with Gasteiger partial charge < -0.3 is 10.6 Å². The van der Waals surface area contributed by atoms with E-state index in [1.54, 1.807) is 17.0 Å². The predicted octanol–water partition coefficient (Wildman–Crippen LogP) is 1.68. The van der Waals surface area contributed by atoms with Crippen molar-refractivity contribution in [2.24, 2.45) is 5.73 Å². The number of hydrogen-bond acceptors (Lipinski definition) is 4. The van der Waals surface area contributed by atoms with E-state index in [0.29, 0.717) is 19.5 Å². The maximum absolute atomic E-state index is 11.9. The topological polar surface area (TPSA) is 89.5 Å². The summed E-state index contributed by atoms with van der Waals surface area (Å²) in [5.41, 5.74) is 6.31. The number of nitro groups is 1. The van der Waals surface area contributed by atoms with Crippen LogP contribution in [0.4, 0.5) is 5.69 Å². The van der Waals surface area contributed by atoms with E-state index in [2.05, 4.69) is 0 Å². The Balaban J connectivity index is 2.79. The van der Waals surface area contributed by atoms with Gasteiger partial charge in [-0.2, -0.15) is 0 Å². The van der Waals surface area contributed by atoms with Crippen LogP contribution in [-0.4, -0.2) is 28.3 Å². The SMILES string of the molecule is CC(C)N(Cc1ccc([N+](=O)[O-])cc1)C(=O)CCN. The third kappa shape index (κ3) is 4.33. The first-order valence-electron chi connectivity index (χ1n) is 6.18.